The molecule has 2 aromatic carbocycles. The van der Waals surface area contributed by atoms with E-state index in [2.05, 4.69) is 0 Å². The van der Waals surface area contributed by atoms with Gasteiger partial charge in [-0.25, -0.2) is 0 Å². The van der Waals surface area contributed by atoms with E-state index in [1.165, 1.54) is 6.07 Å². The van der Waals surface area contributed by atoms with E-state index in [0.29, 0.717) is 22.0 Å². The first-order valence-electron chi connectivity index (χ1n) is 4.87. The molecular weight excluding hydrogens is 243 g/mol. The Morgan fingerprint density at radius 3 is 2.31 bits per heavy atom. The van der Waals surface area contributed by atoms with Crippen molar-refractivity contribution < 1.29 is 5.11 Å². The van der Waals surface area contributed by atoms with Gasteiger partial charge in [-0.05, 0) is 17.7 Å². The van der Waals surface area contributed by atoms with Crippen molar-refractivity contribution in [1.82, 2.24) is 0 Å². The van der Waals surface area contributed by atoms with Crippen molar-refractivity contribution in [3.05, 3.63) is 63.6 Å². The van der Waals surface area contributed by atoms with Gasteiger partial charge in [0.15, 0.2) is 0 Å². The molecule has 0 heterocycles. The van der Waals surface area contributed by atoms with Crippen LogP contribution in [0.1, 0.15) is 11.1 Å². The molecule has 82 valence electrons. The van der Waals surface area contributed by atoms with Crippen LogP contribution in [0.25, 0.3) is 0 Å². The summed E-state index contributed by atoms with van der Waals surface area (Å²) in [7, 11) is 0. The molecule has 0 atom stereocenters. The third kappa shape index (κ3) is 2.49. The second-order valence-electron chi connectivity index (χ2n) is 3.55. The van der Waals surface area contributed by atoms with Crippen molar-refractivity contribution in [2.75, 3.05) is 0 Å². The molecule has 0 spiro atoms. The fourth-order valence-electron chi connectivity index (χ4n) is 1.56. The lowest BCUT2D eigenvalue weighted by molar-refractivity contribution is 0.469. The molecule has 0 bridgehead atoms. The minimum atomic E-state index is 0.140. The Hall–Kier alpha value is -1.18. The average Bonchev–Trinajstić information content (AvgIpc) is 2.25. The van der Waals surface area contributed by atoms with Gasteiger partial charge in [-0.3, -0.25) is 0 Å². The van der Waals surface area contributed by atoms with E-state index in [1.54, 1.807) is 6.07 Å². The van der Waals surface area contributed by atoms with Gasteiger partial charge < -0.3 is 5.11 Å². The van der Waals surface area contributed by atoms with Crippen LogP contribution in [0.15, 0.2) is 42.5 Å². The van der Waals surface area contributed by atoms with Gasteiger partial charge in [0, 0.05) is 22.0 Å². The van der Waals surface area contributed by atoms with Crippen LogP contribution >= 0.6 is 23.2 Å². The molecule has 0 fully saturated rings. The number of hydrogen-bond acceptors (Lipinski definition) is 1. The van der Waals surface area contributed by atoms with E-state index >= 15 is 0 Å². The highest BCUT2D eigenvalue weighted by molar-refractivity contribution is 6.35. The SMILES string of the molecule is Oc1cc(Cl)cc(Cl)c1Cc1ccccc1. The summed E-state index contributed by atoms with van der Waals surface area (Å²) in [6, 6.07) is 13.0. The van der Waals surface area contributed by atoms with Crippen LogP contribution < -0.4 is 0 Å². The van der Waals surface area contributed by atoms with Crippen molar-refractivity contribution in [3.8, 4) is 5.75 Å². The highest BCUT2D eigenvalue weighted by Crippen LogP contribution is 2.31. The predicted octanol–water partition coefficient (Wildman–Crippen LogP) is 4.29. The summed E-state index contributed by atoms with van der Waals surface area (Å²) in [6.45, 7) is 0. The standard InChI is InChI=1S/C13H10Cl2O/c14-10-7-12(15)11(13(16)8-10)6-9-4-2-1-3-5-9/h1-5,7-8,16H,6H2. The van der Waals surface area contributed by atoms with Crippen LogP contribution in [0.3, 0.4) is 0 Å². The van der Waals surface area contributed by atoms with Crippen LogP contribution in [0.4, 0.5) is 0 Å². The number of aromatic hydroxyl groups is 1. The molecule has 0 radical (unpaired) electrons. The van der Waals surface area contributed by atoms with Crippen LogP contribution in [-0.4, -0.2) is 5.11 Å². The molecule has 0 amide bonds. The van der Waals surface area contributed by atoms with Crippen molar-refractivity contribution in [1.29, 1.82) is 0 Å². The van der Waals surface area contributed by atoms with E-state index in [4.69, 9.17) is 23.2 Å². The molecule has 3 heteroatoms. The summed E-state index contributed by atoms with van der Waals surface area (Å²) in [5.41, 5.74) is 1.80. The van der Waals surface area contributed by atoms with Crippen LogP contribution in [0, 0.1) is 0 Å². The number of halogens is 2. The highest BCUT2D eigenvalue weighted by Gasteiger charge is 2.08. The summed E-state index contributed by atoms with van der Waals surface area (Å²) in [5, 5.41) is 10.7. The molecule has 2 rings (SSSR count). The minimum Gasteiger partial charge on any atom is -0.508 e. The van der Waals surface area contributed by atoms with Crippen molar-refractivity contribution in [2.45, 2.75) is 6.42 Å². The predicted molar refractivity (Wildman–Crippen MR) is 67.4 cm³/mol. The molecule has 0 unspecified atom stereocenters. The fraction of sp³-hybridized carbons (Fsp3) is 0.0769. The number of phenols is 1. The Morgan fingerprint density at radius 2 is 1.69 bits per heavy atom. The first-order chi connectivity index (χ1) is 7.66. The Bertz CT molecular complexity index is 472. The number of benzene rings is 2. The largest absolute Gasteiger partial charge is 0.508 e. The van der Waals surface area contributed by atoms with Gasteiger partial charge in [0.1, 0.15) is 5.75 Å². The molecular formula is C13H10Cl2O. The maximum Gasteiger partial charge on any atom is 0.122 e. The molecule has 1 N–H and O–H groups in total. The lowest BCUT2D eigenvalue weighted by Gasteiger charge is -2.07. The highest BCUT2D eigenvalue weighted by atomic mass is 35.5. The molecule has 0 aliphatic rings. The Morgan fingerprint density at radius 1 is 1.00 bits per heavy atom. The van der Waals surface area contributed by atoms with E-state index in [9.17, 15) is 5.11 Å². The zero-order chi connectivity index (χ0) is 11.5. The molecule has 0 aliphatic carbocycles. The molecule has 16 heavy (non-hydrogen) atoms. The minimum absolute atomic E-state index is 0.140. The van der Waals surface area contributed by atoms with Gasteiger partial charge in [0.25, 0.3) is 0 Å². The third-order valence-electron chi connectivity index (χ3n) is 2.36. The summed E-state index contributed by atoms with van der Waals surface area (Å²) in [4.78, 5) is 0. The zero-order valence-electron chi connectivity index (χ0n) is 8.45. The van der Waals surface area contributed by atoms with Gasteiger partial charge in [-0.15, -0.1) is 0 Å². The Kier molecular flexibility index (Phi) is 3.37. The van der Waals surface area contributed by atoms with Gasteiger partial charge in [-0.2, -0.15) is 0 Å². The summed E-state index contributed by atoms with van der Waals surface area (Å²) in [6.07, 6.45) is 0.600. The lowest BCUT2D eigenvalue weighted by atomic mass is 10.0. The monoisotopic (exact) mass is 252 g/mol. The van der Waals surface area contributed by atoms with Crippen LogP contribution in [0.2, 0.25) is 10.0 Å². The number of phenolic OH excluding ortho intramolecular Hbond substituents is 1. The van der Waals surface area contributed by atoms with Crippen LogP contribution in [0.5, 0.6) is 5.75 Å². The first-order valence-corrected chi connectivity index (χ1v) is 5.63. The van der Waals surface area contributed by atoms with Crippen LogP contribution in [-0.2, 0) is 6.42 Å². The normalized spacial score (nSPS) is 10.4. The fourth-order valence-corrected chi connectivity index (χ4v) is 2.11. The van der Waals surface area contributed by atoms with E-state index in [-0.39, 0.29) is 5.75 Å². The van der Waals surface area contributed by atoms with Gasteiger partial charge in [-0.1, -0.05) is 53.5 Å². The first kappa shape index (κ1) is 11.3. The van der Waals surface area contributed by atoms with Gasteiger partial charge >= 0.3 is 0 Å². The third-order valence-corrected chi connectivity index (χ3v) is 2.92. The number of hydrogen-bond donors (Lipinski definition) is 1. The number of rotatable bonds is 2. The van der Waals surface area contributed by atoms with Crippen molar-refractivity contribution in [2.24, 2.45) is 0 Å². The van der Waals surface area contributed by atoms with E-state index < -0.39 is 0 Å². The summed E-state index contributed by atoms with van der Waals surface area (Å²) in [5.74, 6) is 0.140. The van der Waals surface area contributed by atoms with E-state index in [1.807, 2.05) is 30.3 Å². The van der Waals surface area contributed by atoms with Gasteiger partial charge in [0.05, 0.1) is 0 Å². The smallest absolute Gasteiger partial charge is 0.122 e. The van der Waals surface area contributed by atoms with Crippen molar-refractivity contribution >= 4 is 23.2 Å². The lowest BCUT2D eigenvalue weighted by Crippen LogP contribution is -1.90. The zero-order valence-corrected chi connectivity index (χ0v) is 9.96. The summed E-state index contributed by atoms with van der Waals surface area (Å²) >= 11 is 11.8. The topological polar surface area (TPSA) is 20.2 Å². The summed E-state index contributed by atoms with van der Waals surface area (Å²) < 4.78 is 0. The second kappa shape index (κ2) is 4.77. The Labute approximate surface area is 104 Å². The van der Waals surface area contributed by atoms with Crippen molar-refractivity contribution in [3.63, 3.8) is 0 Å². The van der Waals surface area contributed by atoms with E-state index in [0.717, 1.165) is 5.56 Å². The quantitative estimate of drug-likeness (QED) is 0.846. The maximum atomic E-state index is 9.76. The molecule has 1 nitrogen and oxygen atoms in total. The molecule has 2 aromatic rings. The Balaban J connectivity index is 2.35. The molecule has 0 aromatic heterocycles. The molecule has 0 aliphatic heterocycles. The second-order valence-corrected chi connectivity index (χ2v) is 4.39. The molecule has 0 saturated carbocycles. The average molecular weight is 253 g/mol. The van der Waals surface area contributed by atoms with Gasteiger partial charge in [0.2, 0.25) is 0 Å². The molecule has 0 saturated heterocycles. The maximum absolute atomic E-state index is 9.76.